The molecule has 0 saturated carbocycles. The fraction of sp³-hybridized carbons (Fsp3) is 0.190. The van der Waals surface area contributed by atoms with Crippen LogP contribution in [0, 0.1) is 6.92 Å². The maximum atomic E-state index is 12.7. The third-order valence-corrected chi connectivity index (χ3v) is 4.16. The molecule has 0 aliphatic rings. The van der Waals surface area contributed by atoms with Gasteiger partial charge in [-0.25, -0.2) is 0 Å². The number of nitrogens with one attached hydrogen (secondary N) is 1. The van der Waals surface area contributed by atoms with Gasteiger partial charge in [0.1, 0.15) is 0 Å². The van der Waals surface area contributed by atoms with Gasteiger partial charge in [-0.1, -0.05) is 17.7 Å². The van der Waals surface area contributed by atoms with Crippen LogP contribution in [0.4, 0.5) is 11.4 Å². The van der Waals surface area contributed by atoms with Crippen LogP contribution in [0.5, 0.6) is 0 Å². The van der Waals surface area contributed by atoms with Gasteiger partial charge in [-0.15, -0.1) is 0 Å². The average Bonchev–Trinajstić information content (AvgIpc) is 2.68. The van der Waals surface area contributed by atoms with E-state index in [1.165, 1.54) is 5.56 Å². The smallest absolute Gasteiger partial charge is 0.255 e. The molecule has 5 nitrogen and oxygen atoms in total. The number of hydrogen-bond acceptors (Lipinski definition) is 4. The van der Waals surface area contributed by atoms with E-state index >= 15 is 0 Å². The molecule has 1 aromatic carbocycles. The lowest BCUT2D eigenvalue weighted by molar-refractivity contribution is 0.0796. The highest BCUT2D eigenvalue weighted by Gasteiger charge is 2.12. The Hall–Kier alpha value is -3.21. The summed E-state index contributed by atoms with van der Waals surface area (Å²) in [6.07, 6.45) is 7.64. The minimum absolute atomic E-state index is 0.0425. The van der Waals surface area contributed by atoms with Gasteiger partial charge < -0.3 is 10.2 Å². The van der Waals surface area contributed by atoms with Crippen LogP contribution in [0.2, 0.25) is 0 Å². The molecule has 5 heteroatoms. The molecule has 0 unspecified atom stereocenters. The Balaban J connectivity index is 1.64. The lowest BCUT2D eigenvalue weighted by atomic mass is 10.1. The summed E-state index contributed by atoms with van der Waals surface area (Å²) in [4.78, 5) is 22.6. The van der Waals surface area contributed by atoms with Crippen LogP contribution in [-0.4, -0.2) is 34.4 Å². The Bertz CT molecular complexity index is 863. The van der Waals surface area contributed by atoms with Crippen molar-refractivity contribution >= 4 is 17.3 Å². The first-order valence-electron chi connectivity index (χ1n) is 8.55. The molecule has 0 bridgehead atoms. The predicted molar refractivity (Wildman–Crippen MR) is 104 cm³/mol. The first kappa shape index (κ1) is 17.6. The summed E-state index contributed by atoms with van der Waals surface area (Å²) in [6, 6.07) is 13.8. The zero-order chi connectivity index (χ0) is 18.4. The molecular formula is C21H22N4O. The van der Waals surface area contributed by atoms with Crippen LogP contribution in [0.15, 0.2) is 67.3 Å². The number of amides is 1. The quantitative estimate of drug-likeness (QED) is 0.737. The van der Waals surface area contributed by atoms with Crippen LogP contribution in [-0.2, 0) is 6.42 Å². The van der Waals surface area contributed by atoms with Crippen molar-refractivity contribution < 1.29 is 4.79 Å². The highest BCUT2D eigenvalue weighted by Crippen LogP contribution is 2.18. The molecule has 0 spiro atoms. The Kier molecular flexibility index (Phi) is 5.59. The van der Waals surface area contributed by atoms with Crippen molar-refractivity contribution in [2.24, 2.45) is 0 Å². The second kappa shape index (κ2) is 8.25. The Morgan fingerprint density at radius 2 is 1.73 bits per heavy atom. The summed E-state index contributed by atoms with van der Waals surface area (Å²) >= 11 is 0. The number of pyridine rings is 2. The minimum Gasteiger partial charge on any atom is -0.354 e. The van der Waals surface area contributed by atoms with Crippen LogP contribution < -0.4 is 5.32 Å². The third-order valence-electron chi connectivity index (χ3n) is 4.16. The number of anilines is 2. The molecule has 1 amide bonds. The molecule has 1 N–H and O–H groups in total. The SMILES string of the molecule is Cc1ccc(Nc2cncc(C(=O)N(C)CCc3ccncc3)c2)cc1. The summed E-state index contributed by atoms with van der Waals surface area (Å²) in [6.45, 7) is 2.69. The molecule has 3 rings (SSSR count). The number of carbonyl (C=O) groups excluding carboxylic acids is 1. The van der Waals surface area contributed by atoms with Gasteiger partial charge in [0.2, 0.25) is 0 Å². The number of aryl methyl sites for hydroxylation is 1. The van der Waals surface area contributed by atoms with E-state index in [4.69, 9.17) is 0 Å². The molecule has 2 aromatic heterocycles. The normalized spacial score (nSPS) is 10.4. The topological polar surface area (TPSA) is 58.1 Å². The third kappa shape index (κ3) is 4.66. The summed E-state index contributed by atoms with van der Waals surface area (Å²) in [5.74, 6) is -0.0425. The van der Waals surface area contributed by atoms with Crippen molar-refractivity contribution in [3.8, 4) is 0 Å². The van der Waals surface area contributed by atoms with Gasteiger partial charge in [0.25, 0.3) is 5.91 Å². The van der Waals surface area contributed by atoms with Crippen molar-refractivity contribution in [3.05, 3.63) is 83.9 Å². The zero-order valence-corrected chi connectivity index (χ0v) is 15.0. The average molecular weight is 346 g/mol. The molecule has 0 radical (unpaired) electrons. The lowest BCUT2D eigenvalue weighted by Gasteiger charge is -2.17. The highest BCUT2D eigenvalue weighted by molar-refractivity contribution is 5.94. The van der Waals surface area contributed by atoms with Crippen molar-refractivity contribution in [2.75, 3.05) is 18.9 Å². The highest BCUT2D eigenvalue weighted by atomic mass is 16.2. The van der Waals surface area contributed by atoms with Gasteiger partial charge in [0, 0.05) is 37.9 Å². The maximum absolute atomic E-state index is 12.7. The molecular weight excluding hydrogens is 324 g/mol. The second-order valence-electron chi connectivity index (χ2n) is 6.29. The first-order chi connectivity index (χ1) is 12.6. The van der Waals surface area contributed by atoms with Crippen molar-refractivity contribution in [1.82, 2.24) is 14.9 Å². The summed E-state index contributed by atoms with van der Waals surface area (Å²) in [5.41, 5.74) is 4.69. The largest absolute Gasteiger partial charge is 0.354 e. The number of aromatic nitrogens is 2. The Morgan fingerprint density at radius 3 is 2.46 bits per heavy atom. The van der Waals surface area contributed by atoms with Gasteiger partial charge in [-0.2, -0.15) is 0 Å². The van der Waals surface area contributed by atoms with E-state index in [1.54, 1.807) is 29.7 Å². The Labute approximate surface area is 153 Å². The van der Waals surface area contributed by atoms with Gasteiger partial charge >= 0.3 is 0 Å². The van der Waals surface area contributed by atoms with Crippen molar-refractivity contribution in [3.63, 3.8) is 0 Å². The lowest BCUT2D eigenvalue weighted by Crippen LogP contribution is -2.29. The number of carbonyl (C=O) groups is 1. The molecule has 3 aromatic rings. The molecule has 0 aliphatic carbocycles. The van der Waals surface area contributed by atoms with E-state index in [0.29, 0.717) is 12.1 Å². The Morgan fingerprint density at radius 1 is 1.00 bits per heavy atom. The van der Waals surface area contributed by atoms with E-state index in [1.807, 2.05) is 56.4 Å². The van der Waals surface area contributed by atoms with Gasteiger partial charge in [0.05, 0.1) is 17.4 Å². The number of likely N-dealkylation sites (N-methyl/N-ethyl adjacent to an activating group) is 1. The molecule has 0 saturated heterocycles. The molecule has 0 aliphatic heterocycles. The molecule has 0 atom stereocenters. The van der Waals surface area contributed by atoms with Crippen molar-refractivity contribution in [2.45, 2.75) is 13.3 Å². The number of benzene rings is 1. The predicted octanol–water partition coefficient (Wildman–Crippen LogP) is 3.84. The standard InChI is InChI=1S/C21H22N4O/c1-16-3-5-19(6-4-16)24-20-13-18(14-23-15-20)21(26)25(2)12-9-17-7-10-22-11-8-17/h3-8,10-11,13-15,24H,9,12H2,1-2H3. The molecule has 26 heavy (non-hydrogen) atoms. The van der Waals surface area contributed by atoms with E-state index in [-0.39, 0.29) is 5.91 Å². The van der Waals surface area contributed by atoms with Gasteiger partial charge in [0.15, 0.2) is 0 Å². The fourth-order valence-corrected chi connectivity index (χ4v) is 2.60. The zero-order valence-electron chi connectivity index (χ0n) is 15.0. The van der Waals surface area contributed by atoms with Gasteiger partial charge in [-0.05, 0) is 49.2 Å². The van der Waals surface area contributed by atoms with Gasteiger partial charge in [-0.3, -0.25) is 14.8 Å². The molecule has 0 fully saturated rings. The van der Waals surface area contributed by atoms with E-state index in [0.717, 1.165) is 23.4 Å². The van der Waals surface area contributed by atoms with Crippen LogP contribution in [0.25, 0.3) is 0 Å². The number of hydrogen-bond donors (Lipinski definition) is 1. The maximum Gasteiger partial charge on any atom is 0.255 e. The molecule has 2 heterocycles. The monoisotopic (exact) mass is 346 g/mol. The van der Waals surface area contributed by atoms with Crippen LogP contribution in [0.1, 0.15) is 21.5 Å². The number of nitrogens with zero attached hydrogens (tertiary/aromatic N) is 3. The molecule has 132 valence electrons. The number of rotatable bonds is 6. The first-order valence-corrected chi connectivity index (χ1v) is 8.55. The summed E-state index contributed by atoms with van der Waals surface area (Å²) < 4.78 is 0. The van der Waals surface area contributed by atoms with E-state index in [9.17, 15) is 4.79 Å². The minimum atomic E-state index is -0.0425. The van der Waals surface area contributed by atoms with E-state index < -0.39 is 0 Å². The summed E-state index contributed by atoms with van der Waals surface area (Å²) in [7, 11) is 1.81. The van der Waals surface area contributed by atoms with E-state index in [2.05, 4.69) is 15.3 Å². The van der Waals surface area contributed by atoms with Crippen molar-refractivity contribution in [1.29, 1.82) is 0 Å². The second-order valence-corrected chi connectivity index (χ2v) is 6.29. The summed E-state index contributed by atoms with van der Waals surface area (Å²) in [5, 5.41) is 3.28. The van der Waals surface area contributed by atoms with Crippen LogP contribution >= 0.6 is 0 Å². The fourth-order valence-electron chi connectivity index (χ4n) is 2.60. The van der Waals surface area contributed by atoms with Crippen LogP contribution in [0.3, 0.4) is 0 Å².